The van der Waals surface area contributed by atoms with E-state index in [-0.39, 0.29) is 13.1 Å². The number of benzene rings is 1. The third-order valence-corrected chi connectivity index (χ3v) is 5.38. The average molecular weight is 337 g/mol. The number of halogens is 3. The van der Waals surface area contributed by atoms with Gasteiger partial charge in [-0.1, -0.05) is 12.5 Å². The third kappa shape index (κ3) is 3.62. The summed E-state index contributed by atoms with van der Waals surface area (Å²) in [6, 6.07) is 1.92. The quantitative estimate of drug-likeness (QED) is 0.790. The van der Waals surface area contributed by atoms with Gasteiger partial charge in [0, 0.05) is 13.1 Å². The van der Waals surface area contributed by atoms with Crippen LogP contribution in [0.1, 0.15) is 24.8 Å². The zero-order valence-corrected chi connectivity index (χ0v) is 12.4. The molecular formula is C12H15BF3NO4S. The van der Waals surface area contributed by atoms with Crippen LogP contribution in [0, 0.1) is 0 Å². The van der Waals surface area contributed by atoms with E-state index in [1.807, 2.05) is 0 Å². The fraction of sp³-hybridized carbons (Fsp3) is 0.500. The molecule has 0 radical (unpaired) electrons. The van der Waals surface area contributed by atoms with Crippen molar-refractivity contribution in [2.24, 2.45) is 0 Å². The van der Waals surface area contributed by atoms with Crippen molar-refractivity contribution in [1.82, 2.24) is 4.31 Å². The molecule has 0 spiro atoms. The molecule has 0 amide bonds. The molecular weight excluding hydrogens is 322 g/mol. The van der Waals surface area contributed by atoms with E-state index in [0.717, 1.165) is 16.8 Å². The molecule has 1 aromatic rings. The molecule has 0 atom stereocenters. The Morgan fingerprint density at radius 3 is 2.14 bits per heavy atom. The van der Waals surface area contributed by atoms with Gasteiger partial charge in [-0.2, -0.15) is 17.5 Å². The van der Waals surface area contributed by atoms with E-state index in [9.17, 15) is 21.6 Å². The van der Waals surface area contributed by atoms with E-state index in [1.165, 1.54) is 0 Å². The molecule has 1 aliphatic rings. The fourth-order valence-electron chi connectivity index (χ4n) is 2.34. The Morgan fingerprint density at radius 2 is 1.64 bits per heavy atom. The maximum atomic E-state index is 12.9. The summed E-state index contributed by atoms with van der Waals surface area (Å²) in [5, 5.41) is 18.2. The van der Waals surface area contributed by atoms with Crippen LogP contribution >= 0.6 is 0 Å². The lowest BCUT2D eigenvalue weighted by Gasteiger charge is -2.26. The summed E-state index contributed by atoms with van der Waals surface area (Å²) in [5.41, 5.74) is -1.74. The summed E-state index contributed by atoms with van der Waals surface area (Å²) in [6.07, 6.45) is -2.62. The molecule has 1 saturated heterocycles. The van der Waals surface area contributed by atoms with Gasteiger partial charge in [0.1, 0.15) is 0 Å². The van der Waals surface area contributed by atoms with E-state index < -0.39 is 39.2 Å². The Balaban J connectivity index is 2.51. The molecule has 2 rings (SSSR count). The van der Waals surface area contributed by atoms with Crippen molar-refractivity contribution < 1.29 is 31.6 Å². The highest BCUT2D eigenvalue weighted by molar-refractivity contribution is 7.89. The Labute approximate surface area is 126 Å². The lowest BCUT2D eigenvalue weighted by Crippen LogP contribution is -2.37. The Hall–Kier alpha value is -1.10. The van der Waals surface area contributed by atoms with Gasteiger partial charge in [-0.3, -0.25) is 0 Å². The molecule has 22 heavy (non-hydrogen) atoms. The molecule has 0 bridgehead atoms. The predicted octanol–water partition coefficient (Wildman–Crippen LogP) is 0.560. The molecule has 1 aromatic carbocycles. The standard InChI is InChI=1S/C12H15BF3NO4S/c14-12(15,16)9-6-10(13(18)19)8-11(7-9)22(20,21)17-4-2-1-3-5-17/h6-8,18-19H,1-5H2. The van der Waals surface area contributed by atoms with Gasteiger partial charge in [0.15, 0.2) is 0 Å². The highest BCUT2D eigenvalue weighted by Crippen LogP contribution is 2.31. The first-order valence-corrected chi connectivity index (χ1v) is 8.15. The molecule has 0 aliphatic carbocycles. The minimum atomic E-state index is -4.78. The lowest BCUT2D eigenvalue weighted by molar-refractivity contribution is -0.137. The number of alkyl halides is 3. The molecule has 1 heterocycles. The highest BCUT2D eigenvalue weighted by Gasteiger charge is 2.35. The molecule has 122 valence electrons. The van der Waals surface area contributed by atoms with Gasteiger partial charge in [0.2, 0.25) is 10.0 Å². The van der Waals surface area contributed by atoms with Gasteiger partial charge in [-0.05, 0) is 30.4 Å². The molecule has 2 N–H and O–H groups in total. The number of hydrogen-bond acceptors (Lipinski definition) is 4. The summed E-state index contributed by atoms with van der Waals surface area (Å²) in [4.78, 5) is -0.577. The number of rotatable bonds is 3. The van der Waals surface area contributed by atoms with Crippen molar-refractivity contribution >= 4 is 22.6 Å². The third-order valence-electron chi connectivity index (χ3n) is 3.51. The zero-order valence-electron chi connectivity index (χ0n) is 11.5. The molecule has 1 fully saturated rings. The highest BCUT2D eigenvalue weighted by atomic mass is 32.2. The van der Waals surface area contributed by atoms with Gasteiger partial charge in [-0.15, -0.1) is 0 Å². The van der Waals surface area contributed by atoms with Gasteiger partial charge in [-0.25, -0.2) is 8.42 Å². The first-order valence-electron chi connectivity index (χ1n) is 6.71. The van der Waals surface area contributed by atoms with E-state index >= 15 is 0 Å². The van der Waals surface area contributed by atoms with Crippen molar-refractivity contribution in [2.45, 2.75) is 30.3 Å². The van der Waals surface area contributed by atoms with E-state index in [4.69, 9.17) is 10.0 Å². The largest absolute Gasteiger partial charge is 0.488 e. The molecule has 0 unspecified atom stereocenters. The average Bonchev–Trinajstić information content (AvgIpc) is 2.46. The number of nitrogens with zero attached hydrogens (tertiary/aromatic N) is 1. The van der Waals surface area contributed by atoms with E-state index in [0.29, 0.717) is 25.0 Å². The topological polar surface area (TPSA) is 77.8 Å². The second-order valence-electron chi connectivity index (χ2n) is 5.13. The van der Waals surface area contributed by atoms with E-state index in [1.54, 1.807) is 0 Å². The molecule has 0 aromatic heterocycles. The molecule has 5 nitrogen and oxygen atoms in total. The van der Waals surface area contributed by atoms with Crippen LogP contribution in [-0.2, 0) is 16.2 Å². The van der Waals surface area contributed by atoms with Crippen molar-refractivity contribution in [3.63, 3.8) is 0 Å². The minimum Gasteiger partial charge on any atom is -0.423 e. The molecule has 10 heteroatoms. The number of piperidine rings is 1. The first-order chi connectivity index (χ1) is 10.1. The van der Waals surface area contributed by atoms with Gasteiger partial charge in [0.25, 0.3) is 0 Å². The van der Waals surface area contributed by atoms with Crippen LogP contribution in [0.15, 0.2) is 23.1 Å². The second kappa shape index (κ2) is 6.19. The smallest absolute Gasteiger partial charge is 0.423 e. The maximum absolute atomic E-state index is 12.9. The fourth-order valence-corrected chi connectivity index (χ4v) is 3.94. The SMILES string of the molecule is O=S(=O)(c1cc(B(O)O)cc(C(F)(F)F)c1)N1CCCCC1. The minimum absolute atomic E-state index is 0.246. The summed E-state index contributed by atoms with van der Waals surface area (Å²) in [6.45, 7) is 0.491. The predicted molar refractivity (Wildman–Crippen MR) is 73.9 cm³/mol. The van der Waals surface area contributed by atoms with Crippen LogP contribution in [0.3, 0.4) is 0 Å². The zero-order chi connectivity index (χ0) is 16.5. The Bertz CT molecular complexity index is 642. The summed E-state index contributed by atoms with van der Waals surface area (Å²) in [7, 11) is -6.27. The molecule has 1 aliphatic heterocycles. The van der Waals surface area contributed by atoms with Crippen LogP contribution in [0.4, 0.5) is 13.2 Å². The van der Waals surface area contributed by atoms with Gasteiger partial charge < -0.3 is 10.0 Å². The molecule has 0 saturated carbocycles. The van der Waals surface area contributed by atoms with Gasteiger partial charge in [0.05, 0.1) is 10.5 Å². The van der Waals surface area contributed by atoms with Crippen LogP contribution in [0.5, 0.6) is 0 Å². The summed E-state index contributed by atoms with van der Waals surface area (Å²) in [5.74, 6) is 0. The summed E-state index contributed by atoms with van der Waals surface area (Å²) >= 11 is 0. The van der Waals surface area contributed by atoms with Crippen LogP contribution in [0.2, 0.25) is 0 Å². The van der Waals surface area contributed by atoms with Crippen LogP contribution < -0.4 is 5.46 Å². The summed E-state index contributed by atoms with van der Waals surface area (Å²) < 4.78 is 64.6. The van der Waals surface area contributed by atoms with Crippen molar-refractivity contribution in [1.29, 1.82) is 0 Å². The van der Waals surface area contributed by atoms with Crippen molar-refractivity contribution in [3.8, 4) is 0 Å². The van der Waals surface area contributed by atoms with Crippen molar-refractivity contribution in [3.05, 3.63) is 23.8 Å². The number of sulfonamides is 1. The van der Waals surface area contributed by atoms with E-state index in [2.05, 4.69) is 0 Å². The van der Waals surface area contributed by atoms with Crippen molar-refractivity contribution in [2.75, 3.05) is 13.1 Å². The monoisotopic (exact) mass is 337 g/mol. The van der Waals surface area contributed by atoms with Crippen LogP contribution in [-0.4, -0.2) is 43.0 Å². The van der Waals surface area contributed by atoms with Crippen LogP contribution in [0.25, 0.3) is 0 Å². The van der Waals surface area contributed by atoms with Gasteiger partial charge >= 0.3 is 13.3 Å². The first kappa shape index (κ1) is 17.3. The second-order valence-corrected chi connectivity index (χ2v) is 7.06. The Kier molecular flexibility index (Phi) is 4.86. The number of hydrogen-bond donors (Lipinski definition) is 2. The Morgan fingerprint density at radius 1 is 1.05 bits per heavy atom. The normalized spacial score (nSPS) is 17.5. The lowest BCUT2D eigenvalue weighted by atomic mass is 9.79. The maximum Gasteiger partial charge on any atom is 0.488 e.